The van der Waals surface area contributed by atoms with Gasteiger partial charge in [0.15, 0.2) is 9.84 Å². The number of amides is 1. The van der Waals surface area contributed by atoms with Gasteiger partial charge in [0.05, 0.1) is 0 Å². The van der Waals surface area contributed by atoms with Crippen LogP contribution in [0.15, 0.2) is 0 Å². The Hall–Kier alpha value is -0.620. The van der Waals surface area contributed by atoms with Gasteiger partial charge in [0.1, 0.15) is 4.75 Å². The second kappa shape index (κ2) is 5.79. The molecule has 0 aliphatic heterocycles. The molecule has 1 saturated carbocycles. The molecule has 0 spiro atoms. The summed E-state index contributed by atoms with van der Waals surface area (Å²) in [6.07, 6.45) is 5.23. The average Bonchev–Trinajstić information content (AvgIpc) is 2.35. The minimum absolute atomic E-state index is 0.0623. The lowest BCUT2D eigenvalue weighted by Gasteiger charge is -2.40. The van der Waals surface area contributed by atoms with Gasteiger partial charge in [0.2, 0.25) is 5.91 Å². The second-order valence-electron chi connectivity index (χ2n) is 6.05. The van der Waals surface area contributed by atoms with Crippen LogP contribution >= 0.6 is 0 Å². The standard InChI is InChI=1S/C13H26N2O3S/c1-13(2,19(4,17)18)12(16)15(3)11-8-6-5-7-10(11)9-14/h10-11H,5-9,14H2,1-4H3. The number of carbonyl (C=O) groups is 1. The van der Waals surface area contributed by atoms with Gasteiger partial charge < -0.3 is 10.6 Å². The minimum Gasteiger partial charge on any atom is -0.341 e. The molecule has 0 heterocycles. The monoisotopic (exact) mass is 290 g/mol. The van der Waals surface area contributed by atoms with Crippen LogP contribution in [0.5, 0.6) is 0 Å². The normalized spacial score (nSPS) is 25.1. The highest BCUT2D eigenvalue weighted by molar-refractivity contribution is 7.92. The first-order valence-electron chi connectivity index (χ1n) is 6.80. The van der Waals surface area contributed by atoms with Gasteiger partial charge in [-0.3, -0.25) is 4.79 Å². The number of hydrogen-bond donors (Lipinski definition) is 1. The van der Waals surface area contributed by atoms with E-state index in [1.807, 2.05) is 0 Å². The first-order valence-corrected chi connectivity index (χ1v) is 8.69. The topological polar surface area (TPSA) is 80.5 Å². The summed E-state index contributed by atoms with van der Waals surface area (Å²) in [4.78, 5) is 14.1. The van der Waals surface area contributed by atoms with Crippen molar-refractivity contribution in [3.8, 4) is 0 Å². The molecular weight excluding hydrogens is 264 g/mol. The largest absolute Gasteiger partial charge is 0.341 e. The lowest BCUT2D eigenvalue weighted by molar-refractivity contribution is -0.135. The summed E-state index contributed by atoms with van der Waals surface area (Å²) >= 11 is 0. The Labute approximate surface area is 116 Å². The molecule has 2 N–H and O–H groups in total. The van der Waals surface area contributed by atoms with Crippen molar-refractivity contribution in [2.24, 2.45) is 11.7 Å². The van der Waals surface area contributed by atoms with Crippen molar-refractivity contribution in [1.82, 2.24) is 4.90 Å². The van der Waals surface area contributed by atoms with Crippen molar-refractivity contribution in [1.29, 1.82) is 0 Å². The van der Waals surface area contributed by atoms with Crippen LogP contribution in [-0.2, 0) is 14.6 Å². The van der Waals surface area contributed by atoms with Crippen molar-refractivity contribution in [3.63, 3.8) is 0 Å². The van der Waals surface area contributed by atoms with E-state index >= 15 is 0 Å². The zero-order valence-corrected chi connectivity index (χ0v) is 13.2. The maximum absolute atomic E-state index is 12.5. The zero-order valence-electron chi connectivity index (χ0n) is 12.3. The summed E-state index contributed by atoms with van der Waals surface area (Å²) < 4.78 is 22.1. The molecule has 1 aliphatic carbocycles. The number of rotatable bonds is 4. The first kappa shape index (κ1) is 16.4. The Balaban J connectivity index is 2.93. The summed E-state index contributed by atoms with van der Waals surface area (Å²) in [6.45, 7) is 3.49. The third kappa shape index (κ3) is 3.28. The highest BCUT2D eigenvalue weighted by Crippen LogP contribution is 2.29. The minimum atomic E-state index is -3.43. The molecule has 2 atom stereocenters. The first-order chi connectivity index (χ1) is 8.63. The maximum Gasteiger partial charge on any atom is 0.243 e. The van der Waals surface area contributed by atoms with Crippen LogP contribution in [0.4, 0.5) is 0 Å². The van der Waals surface area contributed by atoms with E-state index in [2.05, 4.69) is 0 Å². The molecule has 2 unspecified atom stereocenters. The molecule has 5 nitrogen and oxygen atoms in total. The molecule has 19 heavy (non-hydrogen) atoms. The van der Waals surface area contributed by atoms with E-state index in [1.54, 1.807) is 11.9 Å². The summed E-state index contributed by atoms with van der Waals surface area (Å²) in [5.74, 6) is -0.0570. The average molecular weight is 290 g/mol. The highest BCUT2D eigenvalue weighted by atomic mass is 32.2. The van der Waals surface area contributed by atoms with Gasteiger partial charge in [-0.05, 0) is 39.2 Å². The molecular formula is C13H26N2O3S. The van der Waals surface area contributed by atoms with Crippen molar-refractivity contribution >= 4 is 15.7 Å². The maximum atomic E-state index is 12.5. The van der Waals surface area contributed by atoms with Crippen LogP contribution in [-0.4, -0.2) is 49.9 Å². The molecule has 0 bridgehead atoms. The van der Waals surface area contributed by atoms with E-state index in [-0.39, 0.29) is 17.9 Å². The van der Waals surface area contributed by atoms with E-state index in [4.69, 9.17) is 5.73 Å². The van der Waals surface area contributed by atoms with Crippen molar-refractivity contribution in [3.05, 3.63) is 0 Å². The van der Waals surface area contributed by atoms with Crippen molar-refractivity contribution in [2.45, 2.75) is 50.3 Å². The van der Waals surface area contributed by atoms with Crippen LogP contribution in [0.25, 0.3) is 0 Å². The number of sulfone groups is 1. The van der Waals surface area contributed by atoms with Gasteiger partial charge in [-0.2, -0.15) is 0 Å². The molecule has 1 rings (SSSR count). The molecule has 0 aromatic carbocycles. The lowest BCUT2D eigenvalue weighted by atomic mass is 9.83. The van der Waals surface area contributed by atoms with Gasteiger partial charge in [-0.1, -0.05) is 12.8 Å². The molecule has 0 saturated heterocycles. The Kier molecular flexibility index (Phi) is 5.01. The quantitative estimate of drug-likeness (QED) is 0.830. The van der Waals surface area contributed by atoms with E-state index in [9.17, 15) is 13.2 Å². The molecule has 0 aromatic heterocycles. The molecule has 0 radical (unpaired) electrons. The van der Waals surface area contributed by atoms with Crippen LogP contribution in [0.1, 0.15) is 39.5 Å². The van der Waals surface area contributed by atoms with Crippen LogP contribution in [0.3, 0.4) is 0 Å². The second-order valence-corrected chi connectivity index (χ2v) is 8.61. The van der Waals surface area contributed by atoms with Crippen molar-refractivity contribution in [2.75, 3.05) is 19.8 Å². The van der Waals surface area contributed by atoms with E-state index in [0.717, 1.165) is 31.9 Å². The van der Waals surface area contributed by atoms with Gasteiger partial charge in [-0.15, -0.1) is 0 Å². The van der Waals surface area contributed by atoms with Gasteiger partial charge in [0.25, 0.3) is 0 Å². The van der Waals surface area contributed by atoms with Gasteiger partial charge in [-0.25, -0.2) is 8.42 Å². The number of carbonyl (C=O) groups excluding carboxylic acids is 1. The molecule has 1 aliphatic rings. The van der Waals surface area contributed by atoms with Gasteiger partial charge in [0, 0.05) is 19.3 Å². The summed E-state index contributed by atoms with van der Waals surface area (Å²) in [6, 6.07) is 0.0623. The fourth-order valence-electron chi connectivity index (χ4n) is 2.71. The van der Waals surface area contributed by atoms with Gasteiger partial charge >= 0.3 is 0 Å². The summed E-state index contributed by atoms with van der Waals surface area (Å²) in [7, 11) is -1.73. The fraction of sp³-hybridized carbons (Fsp3) is 0.923. The predicted molar refractivity (Wildman–Crippen MR) is 76.5 cm³/mol. The Morgan fingerprint density at radius 1 is 1.32 bits per heavy atom. The van der Waals surface area contributed by atoms with Crippen LogP contribution in [0.2, 0.25) is 0 Å². The molecule has 0 aromatic rings. The van der Waals surface area contributed by atoms with Crippen LogP contribution < -0.4 is 5.73 Å². The number of hydrogen-bond acceptors (Lipinski definition) is 4. The summed E-state index contributed by atoms with van der Waals surface area (Å²) in [5, 5.41) is 0. The Morgan fingerprint density at radius 2 is 1.84 bits per heavy atom. The summed E-state index contributed by atoms with van der Waals surface area (Å²) in [5.41, 5.74) is 5.77. The Bertz CT molecular complexity index is 431. The van der Waals surface area contributed by atoms with Crippen molar-refractivity contribution < 1.29 is 13.2 Å². The third-order valence-electron chi connectivity index (χ3n) is 4.43. The molecule has 1 fully saturated rings. The SMILES string of the molecule is CN(C(=O)C(C)(C)S(C)(=O)=O)C1CCCCC1CN. The molecule has 6 heteroatoms. The number of nitrogens with zero attached hydrogens (tertiary/aromatic N) is 1. The lowest BCUT2D eigenvalue weighted by Crippen LogP contribution is -2.54. The predicted octanol–water partition coefficient (Wildman–Crippen LogP) is 0.786. The van der Waals surface area contributed by atoms with E-state index in [0.29, 0.717) is 6.54 Å². The fourth-order valence-corrected chi connectivity index (χ4v) is 3.17. The smallest absolute Gasteiger partial charge is 0.243 e. The Morgan fingerprint density at radius 3 is 2.32 bits per heavy atom. The molecule has 112 valence electrons. The van der Waals surface area contributed by atoms with Crippen LogP contribution in [0, 0.1) is 5.92 Å². The van der Waals surface area contributed by atoms with E-state index < -0.39 is 14.6 Å². The zero-order chi connectivity index (χ0) is 14.8. The number of nitrogens with two attached hydrogens (primary N) is 1. The highest BCUT2D eigenvalue weighted by Gasteiger charge is 2.43. The van der Waals surface area contributed by atoms with E-state index in [1.165, 1.54) is 13.8 Å². The third-order valence-corrected chi connectivity index (χ3v) is 6.46. The molecule has 1 amide bonds.